The van der Waals surface area contributed by atoms with Crippen LogP contribution in [0.3, 0.4) is 0 Å². The standard InChI is InChI=1S/C21H25FN2O/c1-2-20(17-7-4-3-5-8-17)21(25)24-14-6-13-23(15-16-24)19-11-9-18(22)10-12-19/h3-5,7-12,20H,2,6,13-16H2,1H3. The van der Waals surface area contributed by atoms with E-state index >= 15 is 0 Å². The number of carbonyl (C=O) groups is 1. The molecule has 3 rings (SSSR count). The van der Waals surface area contributed by atoms with Gasteiger partial charge in [-0.15, -0.1) is 0 Å². The summed E-state index contributed by atoms with van der Waals surface area (Å²) in [6.07, 6.45) is 1.73. The molecule has 4 heteroatoms. The van der Waals surface area contributed by atoms with Gasteiger partial charge in [-0.2, -0.15) is 0 Å². The van der Waals surface area contributed by atoms with Crippen molar-refractivity contribution < 1.29 is 9.18 Å². The van der Waals surface area contributed by atoms with Crippen LogP contribution in [-0.4, -0.2) is 37.0 Å². The molecule has 132 valence electrons. The van der Waals surface area contributed by atoms with Crippen molar-refractivity contribution in [2.24, 2.45) is 0 Å². The molecule has 0 aromatic heterocycles. The fraction of sp³-hybridized carbons (Fsp3) is 0.381. The maximum atomic E-state index is 13.1. The number of carbonyl (C=O) groups excluding carboxylic acids is 1. The van der Waals surface area contributed by atoms with E-state index < -0.39 is 0 Å². The van der Waals surface area contributed by atoms with E-state index in [9.17, 15) is 9.18 Å². The summed E-state index contributed by atoms with van der Waals surface area (Å²) in [5.74, 6) is -0.0720. The monoisotopic (exact) mass is 340 g/mol. The van der Waals surface area contributed by atoms with Crippen LogP contribution in [0.15, 0.2) is 54.6 Å². The molecule has 1 fully saturated rings. The van der Waals surface area contributed by atoms with E-state index in [0.29, 0.717) is 6.54 Å². The third-order valence-electron chi connectivity index (χ3n) is 4.91. The first-order valence-electron chi connectivity index (χ1n) is 9.03. The van der Waals surface area contributed by atoms with Gasteiger partial charge in [-0.25, -0.2) is 4.39 Å². The highest BCUT2D eigenvalue weighted by atomic mass is 19.1. The van der Waals surface area contributed by atoms with Crippen LogP contribution in [0.2, 0.25) is 0 Å². The number of rotatable bonds is 4. The van der Waals surface area contributed by atoms with E-state index in [2.05, 4.69) is 11.8 Å². The Balaban J connectivity index is 1.67. The Morgan fingerprint density at radius 3 is 2.40 bits per heavy atom. The molecule has 1 heterocycles. The van der Waals surface area contributed by atoms with Gasteiger partial charge in [-0.05, 0) is 42.7 Å². The van der Waals surface area contributed by atoms with Crippen LogP contribution < -0.4 is 4.90 Å². The number of amides is 1. The lowest BCUT2D eigenvalue weighted by atomic mass is 9.95. The van der Waals surface area contributed by atoms with Crippen molar-refractivity contribution in [2.75, 3.05) is 31.1 Å². The molecule has 1 saturated heterocycles. The van der Waals surface area contributed by atoms with Crippen molar-refractivity contribution in [2.45, 2.75) is 25.7 Å². The van der Waals surface area contributed by atoms with Crippen molar-refractivity contribution in [3.63, 3.8) is 0 Å². The van der Waals surface area contributed by atoms with Crippen molar-refractivity contribution in [1.29, 1.82) is 0 Å². The summed E-state index contributed by atoms with van der Waals surface area (Å²) in [5.41, 5.74) is 2.11. The van der Waals surface area contributed by atoms with Crippen LogP contribution in [0.4, 0.5) is 10.1 Å². The van der Waals surface area contributed by atoms with Gasteiger partial charge in [0.25, 0.3) is 0 Å². The van der Waals surface area contributed by atoms with Crippen LogP contribution in [-0.2, 0) is 4.79 Å². The number of anilines is 1. The Labute approximate surface area is 149 Å². The summed E-state index contributed by atoms with van der Waals surface area (Å²) < 4.78 is 13.1. The van der Waals surface area contributed by atoms with Crippen LogP contribution >= 0.6 is 0 Å². The summed E-state index contributed by atoms with van der Waals surface area (Å²) >= 11 is 0. The second-order valence-electron chi connectivity index (χ2n) is 6.51. The highest BCUT2D eigenvalue weighted by Crippen LogP contribution is 2.24. The van der Waals surface area contributed by atoms with Crippen molar-refractivity contribution in [1.82, 2.24) is 4.90 Å². The van der Waals surface area contributed by atoms with Gasteiger partial charge in [0.2, 0.25) is 5.91 Å². The summed E-state index contributed by atoms with van der Waals surface area (Å²) in [5, 5.41) is 0. The molecule has 1 atom stereocenters. The number of hydrogen-bond acceptors (Lipinski definition) is 2. The molecule has 0 aliphatic carbocycles. The van der Waals surface area contributed by atoms with Crippen molar-refractivity contribution in [3.05, 3.63) is 66.0 Å². The minimum absolute atomic E-state index is 0.0708. The SMILES string of the molecule is CCC(C(=O)N1CCCN(c2ccc(F)cc2)CC1)c1ccccc1. The number of benzene rings is 2. The molecule has 1 unspecified atom stereocenters. The van der Waals surface area contributed by atoms with Gasteiger partial charge in [0.15, 0.2) is 0 Å². The topological polar surface area (TPSA) is 23.6 Å². The molecule has 0 N–H and O–H groups in total. The molecule has 25 heavy (non-hydrogen) atoms. The Morgan fingerprint density at radius 2 is 1.72 bits per heavy atom. The first kappa shape index (κ1) is 17.5. The molecule has 2 aromatic carbocycles. The second kappa shape index (κ2) is 8.15. The van der Waals surface area contributed by atoms with Gasteiger partial charge in [0.1, 0.15) is 5.82 Å². The lowest BCUT2D eigenvalue weighted by molar-refractivity contribution is -0.132. The zero-order valence-corrected chi connectivity index (χ0v) is 14.7. The third kappa shape index (κ3) is 4.19. The van der Waals surface area contributed by atoms with E-state index in [4.69, 9.17) is 0 Å². The number of nitrogens with zero attached hydrogens (tertiary/aromatic N) is 2. The highest BCUT2D eigenvalue weighted by molar-refractivity contribution is 5.83. The van der Waals surface area contributed by atoms with E-state index in [0.717, 1.165) is 43.7 Å². The average molecular weight is 340 g/mol. The molecule has 0 radical (unpaired) electrons. The first-order chi connectivity index (χ1) is 12.2. The fourth-order valence-electron chi connectivity index (χ4n) is 3.51. The molecular weight excluding hydrogens is 315 g/mol. The van der Waals surface area contributed by atoms with E-state index in [1.807, 2.05) is 47.4 Å². The summed E-state index contributed by atoms with van der Waals surface area (Å²) in [6, 6.07) is 16.6. The van der Waals surface area contributed by atoms with Gasteiger partial charge in [-0.1, -0.05) is 37.3 Å². The Hall–Kier alpha value is -2.36. The van der Waals surface area contributed by atoms with Crippen LogP contribution in [0.5, 0.6) is 0 Å². The van der Waals surface area contributed by atoms with Gasteiger partial charge in [0, 0.05) is 31.9 Å². The number of hydrogen-bond donors (Lipinski definition) is 0. The predicted molar refractivity (Wildman–Crippen MR) is 99.3 cm³/mol. The zero-order valence-electron chi connectivity index (χ0n) is 14.7. The normalized spacial score (nSPS) is 16.4. The summed E-state index contributed by atoms with van der Waals surface area (Å²) in [6.45, 7) is 5.22. The molecule has 0 spiro atoms. The molecule has 3 nitrogen and oxygen atoms in total. The van der Waals surface area contributed by atoms with Gasteiger partial charge < -0.3 is 9.80 Å². The van der Waals surface area contributed by atoms with Crippen molar-refractivity contribution in [3.8, 4) is 0 Å². The van der Waals surface area contributed by atoms with E-state index in [1.54, 1.807) is 0 Å². The molecule has 0 saturated carbocycles. The fourth-order valence-corrected chi connectivity index (χ4v) is 3.51. The predicted octanol–water partition coefficient (Wildman–Crippen LogP) is 4.06. The molecular formula is C21H25FN2O. The minimum Gasteiger partial charge on any atom is -0.370 e. The van der Waals surface area contributed by atoms with Crippen molar-refractivity contribution >= 4 is 11.6 Å². The van der Waals surface area contributed by atoms with E-state index in [-0.39, 0.29) is 17.6 Å². The smallest absolute Gasteiger partial charge is 0.230 e. The van der Waals surface area contributed by atoms with Gasteiger partial charge in [0.05, 0.1) is 5.92 Å². The molecule has 2 aromatic rings. The molecule has 1 aliphatic heterocycles. The van der Waals surface area contributed by atoms with E-state index in [1.165, 1.54) is 12.1 Å². The minimum atomic E-state index is -0.218. The Bertz CT molecular complexity index is 687. The van der Waals surface area contributed by atoms with Crippen LogP contribution in [0.1, 0.15) is 31.2 Å². The van der Waals surface area contributed by atoms with Crippen LogP contribution in [0, 0.1) is 5.82 Å². The molecule has 1 aliphatic rings. The summed E-state index contributed by atoms with van der Waals surface area (Å²) in [4.78, 5) is 17.3. The lowest BCUT2D eigenvalue weighted by Crippen LogP contribution is -2.38. The largest absolute Gasteiger partial charge is 0.370 e. The Kier molecular flexibility index (Phi) is 5.69. The Morgan fingerprint density at radius 1 is 1.00 bits per heavy atom. The first-order valence-corrected chi connectivity index (χ1v) is 9.03. The zero-order chi connectivity index (χ0) is 17.6. The average Bonchev–Trinajstić information content (AvgIpc) is 2.90. The maximum absolute atomic E-state index is 13.1. The summed E-state index contributed by atoms with van der Waals surface area (Å²) in [7, 11) is 0. The second-order valence-corrected chi connectivity index (χ2v) is 6.51. The quantitative estimate of drug-likeness (QED) is 0.838. The van der Waals surface area contributed by atoms with Gasteiger partial charge in [-0.3, -0.25) is 4.79 Å². The number of halogens is 1. The lowest BCUT2D eigenvalue weighted by Gasteiger charge is -2.26. The van der Waals surface area contributed by atoms with Gasteiger partial charge >= 0.3 is 0 Å². The molecule has 0 bridgehead atoms. The maximum Gasteiger partial charge on any atom is 0.230 e. The highest BCUT2D eigenvalue weighted by Gasteiger charge is 2.26. The van der Waals surface area contributed by atoms with Crippen LogP contribution in [0.25, 0.3) is 0 Å². The third-order valence-corrected chi connectivity index (χ3v) is 4.91. The molecule has 1 amide bonds.